The maximum atomic E-state index is 13.2. The van der Waals surface area contributed by atoms with Crippen molar-refractivity contribution in [3.8, 4) is 0 Å². The fraction of sp³-hybridized carbons (Fsp3) is 0.529. The van der Waals surface area contributed by atoms with Gasteiger partial charge < -0.3 is 0 Å². The van der Waals surface area contributed by atoms with Crippen molar-refractivity contribution in [1.29, 1.82) is 0 Å². The molecule has 41 heavy (non-hydrogen) atoms. The van der Waals surface area contributed by atoms with E-state index in [0.717, 1.165) is 5.56 Å². The zero-order valence-corrected chi connectivity index (χ0v) is 22.0. The van der Waals surface area contributed by atoms with Crippen molar-refractivity contribution in [2.75, 3.05) is 0 Å². The monoisotopic (exact) mass is 676 g/mol. The third-order valence-corrected chi connectivity index (χ3v) is 5.93. The molecule has 1 rings (SSSR count). The number of allylic oxidation sites excluding steroid dienone is 1. The number of rotatable bonds is 8. The average molecular weight is 676 g/mol. The van der Waals surface area contributed by atoms with Gasteiger partial charge in [-0.15, -0.1) is 0 Å². The molecule has 24 heteroatoms. The van der Waals surface area contributed by atoms with Crippen LogP contribution in [0, 0.1) is 6.92 Å². The van der Waals surface area contributed by atoms with E-state index in [1.54, 1.807) is 12.1 Å². The summed E-state index contributed by atoms with van der Waals surface area (Å²) in [6.45, 7) is 1.84. The Labute approximate surface area is 232 Å². The topological polar surface area (TPSA) is 54.4 Å². The first-order valence-electron chi connectivity index (χ1n) is 9.38. The molecule has 1 aromatic carbocycles. The Kier molecular flexibility index (Phi) is 11.1. The van der Waals surface area contributed by atoms with Crippen LogP contribution in [0.15, 0.2) is 38.1 Å². The predicted molar refractivity (Wildman–Crippen MR) is 96.7 cm³/mol. The molecule has 0 bridgehead atoms. The zero-order valence-electron chi connectivity index (χ0n) is 19.2. The van der Waals surface area contributed by atoms with Crippen LogP contribution in [0.1, 0.15) is 5.56 Å². The Morgan fingerprint density at radius 1 is 0.610 bits per heavy atom. The molecule has 0 radical (unpaired) electrons. The molecule has 0 heterocycles. The van der Waals surface area contributed by atoms with Gasteiger partial charge in [-0.2, -0.15) is 8.42 Å². The summed E-state index contributed by atoms with van der Waals surface area (Å²) in [5.74, 6) is -63.1. The number of halogens is 19. The molecule has 0 spiro atoms. The third kappa shape index (κ3) is 6.71. The molecule has 234 valence electrons. The summed E-state index contributed by atoms with van der Waals surface area (Å²) in [4.78, 5) is -0.0666. The first-order chi connectivity index (χ1) is 17.6. The molecule has 0 saturated carbocycles. The second kappa shape index (κ2) is 11.6. The van der Waals surface area contributed by atoms with Crippen LogP contribution in [0.5, 0.6) is 0 Å². The minimum atomic E-state index is -8.81. The number of aryl methyl sites for hydroxylation is 1. The molecule has 0 saturated heterocycles. The first kappa shape index (κ1) is 39.5. The number of hydrogen-bond acceptors (Lipinski definition) is 2. The summed E-state index contributed by atoms with van der Waals surface area (Å²) >= 11 is -1.63. The van der Waals surface area contributed by atoms with Crippen LogP contribution < -0.4 is 0 Å². The van der Waals surface area contributed by atoms with E-state index in [2.05, 4.69) is 0 Å². The second-order valence-electron chi connectivity index (χ2n) is 7.65. The van der Waals surface area contributed by atoms with Gasteiger partial charge in [0.15, 0.2) is 0 Å². The molecule has 0 unspecified atom stereocenters. The van der Waals surface area contributed by atoms with E-state index in [1.165, 1.54) is 12.1 Å². The van der Waals surface area contributed by atoms with Crippen LogP contribution in [-0.2, 0) is 10.1 Å². The van der Waals surface area contributed by atoms with Crippen molar-refractivity contribution in [2.45, 2.75) is 59.5 Å². The zero-order chi connectivity index (χ0) is 33.6. The van der Waals surface area contributed by atoms with E-state index in [9.17, 15) is 91.8 Å². The summed E-state index contributed by atoms with van der Waals surface area (Å²) < 4.78 is 269. The standard InChI is InChI=1S/C10F19.C7H8O3S.Na/c11-1-2(12)3(13,14)4(15,16)5(17,18)6(19,20)7(21,22)8(23,24)9(25,26)10(27,28)29;1-6-2-4-7(5-3-6)11(8,9)10;/h;2-5H,1H3,(H,8,9,10);. The fourth-order valence-electron chi connectivity index (χ4n) is 2.23. The van der Waals surface area contributed by atoms with Crippen molar-refractivity contribution in [3.05, 3.63) is 38.7 Å². The molecule has 1 N–H and O–H groups in total. The van der Waals surface area contributed by atoms with E-state index in [0.29, 0.717) is 0 Å². The van der Waals surface area contributed by atoms with Crippen LogP contribution in [0.4, 0.5) is 83.4 Å². The van der Waals surface area contributed by atoms with Crippen LogP contribution in [0.3, 0.4) is 0 Å². The molecule has 0 aliphatic carbocycles. The third-order valence-electron chi connectivity index (χ3n) is 4.62. The van der Waals surface area contributed by atoms with Gasteiger partial charge in [0.2, 0.25) is 0 Å². The average Bonchev–Trinajstić information content (AvgIpc) is 2.76. The SMILES string of the molecule is Cc1ccc(S(=O)(=O)O)cc1.F[C]([Na])=C(F)C(F)(F)C(F)(F)C(F)(F)C(F)(F)C(F)(F)C(F)(F)C(F)(F)C(F)(F)F. The van der Waals surface area contributed by atoms with Gasteiger partial charge in [-0.25, -0.2) is 0 Å². The number of hydrogen-bond donors (Lipinski definition) is 1. The second-order valence-corrected chi connectivity index (χ2v) is 9.95. The van der Waals surface area contributed by atoms with E-state index < -0.39 is 94.6 Å². The first-order valence-corrected chi connectivity index (χ1v) is 11.8. The Bertz CT molecular complexity index is 1220. The molecule has 0 aliphatic rings. The van der Waals surface area contributed by atoms with E-state index in [1.807, 2.05) is 6.92 Å². The summed E-state index contributed by atoms with van der Waals surface area (Å²) in [7, 11) is -4.02. The Balaban J connectivity index is 0.00000120. The van der Waals surface area contributed by atoms with Crippen molar-refractivity contribution in [1.82, 2.24) is 0 Å². The van der Waals surface area contributed by atoms with Gasteiger partial charge in [0.1, 0.15) is 0 Å². The van der Waals surface area contributed by atoms with E-state index >= 15 is 0 Å². The molecule has 0 aromatic heterocycles. The Hall–Kier alpha value is -1.46. The molecule has 0 fully saturated rings. The quantitative estimate of drug-likeness (QED) is 0.176. The number of benzene rings is 1. The van der Waals surface area contributed by atoms with Crippen molar-refractivity contribution in [2.24, 2.45) is 0 Å². The van der Waals surface area contributed by atoms with Crippen LogP contribution in [-0.4, -0.2) is 88.5 Å². The molecule has 0 atom stereocenters. The summed E-state index contributed by atoms with van der Waals surface area (Å²) in [5.41, 5.74) is 0.956. The summed E-state index contributed by atoms with van der Waals surface area (Å²) in [5, 5.41) is 0. The van der Waals surface area contributed by atoms with Crippen LogP contribution in [0.2, 0.25) is 0 Å². The van der Waals surface area contributed by atoms with Gasteiger partial charge >= 0.3 is 168 Å². The van der Waals surface area contributed by atoms with Crippen molar-refractivity contribution >= 4 is 38.0 Å². The van der Waals surface area contributed by atoms with Gasteiger partial charge in [0.25, 0.3) is 10.1 Å². The molecular weight excluding hydrogens is 668 g/mol. The molecular formula is C17H8F19NaO3S. The summed E-state index contributed by atoms with van der Waals surface area (Å²) in [6.07, 6.45) is -7.86. The molecule has 3 nitrogen and oxygen atoms in total. The van der Waals surface area contributed by atoms with E-state index in [4.69, 9.17) is 4.55 Å². The maximum absolute atomic E-state index is 13.2. The van der Waals surface area contributed by atoms with E-state index in [-0.39, 0.29) is 4.90 Å². The summed E-state index contributed by atoms with van der Waals surface area (Å²) in [6, 6.07) is 5.99. The normalized spacial score (nSPS) is 15.7. The van der Waals surface area contributed by atoms with Crippen molar-refractivity contribution < 1.29 is 96.4 Å². The van der Waals surface area contributed by atoms with Gasteiger partial charge in [0, 0.05) is 0 Å². The predicted octanol–water partition coefficient (Wildman–Crippen LogP) is 7.51. The molecule has 1 aromatic rings. The fourth-order valence-corrected chi connectivity index (χ4v) is 3.02. The van der Waals surface area contributed by atoms with Gasteiger partial charge in [0.05, 0.1) is 4.90 Å². The van der Waals surface area contributed by atoms with Gasteiger partial charge in [-0.05, 0) is 19.1 Å². The van der Waals surface area contributed by atoms with Crippen LogP contribution >= 0.6 is 0 Å². The van der Waals surface area contributed by atoms with Crippen LogP contribution in [0.25, 0.3) is 0 Å². The van der Waals surface area contributed by atoms with Gasteiger partial charge in [-0.3, -0.25) is 4.55 Å². The Morgan fingerprint density at radius 3 is 1.17 bits per heavy atom. The Morgan fingerprint density at radius 2 is 0.902 bits per heavy atom. The number of alkyl halides is 17. The van der Waals surface area contributed by atoms with Crippen molar-refractivity contribution in [3.63, 3.8) is 0 Å². The minimum absolute atomic E-state index is 0.0666. The van der Waals surface area contributed by atoms with Gasteiger partial charge in [-0.1, -0.05) is 17.7 Å². The molecule has 0 aliphatic heterocycles. The molecule has 0 amide bonds.